The van der Waals surface area contributed by atoms with E-state index in [-0.39, 0.29) is 12.1 Å². The van der Waals surface area contributed by atoms with Gasteiger partial charge in [-0.2, -0.15) is 0 Å². The number of ether oxygens (including phenoxy) is 1. The lowest BCUT2D eigenvalue weighted by Gasteiger charge is -2.37. The Morgan fingerprint density at radius 2 is 1.91 bits per heavy atom. The van der Waals surface area contributed by atoms with Gasteiger partial charge in [-0.25, -0.2) is 0 Å². The lowest BCUT2D eigenvalue weighted by molar-refractivity contribution is -0.161. The van der Waals surface area contributed by atoms with E-state index < -0.39 is 5.41 Å². The SMILES string of the molecule is CC1CN(C)CCC1OC(=O)C(C)(c1ccccc1)C1CC1. The van der Waals surface area contributed by atoms with Crippen LogP contribution in [0.4, 0.5) is 0 Å². The Labute approximate surface area is 133 Å². The van der Waals surface area contributed by atoms with Crippen molar-refractivity contribution in [1.82, 2.24) is 4.90 Å². The molecule has 1 heterocycles. The topological polar surface area (TPSA) is 29.5 Å². The fraction of sp³-hybridized carbons (Fsp3) is 0.632. The molecule has 0 aromatic heterocycles. The summed E-state index contributed by atoms with van der Waals surface area (Å²) in [5, 5.41) is 0. The lowest BCUT2D eigenvalue weighted by atomic mass is 9.77. The summed E-state index contributed by atoms with van der Waals surface area (Å²) in [5.41, 5.74) is 0.618. The van der Waals surface area contributed by atoms with Crippen LogP contribution in [0.5, 0.6) is 0 Å². The molecule has 3 nitrogen and oxygen atoms in total. The maximum atomic E-state index is 13.0. The molecule has 1 aromatic carbocycles. The third-order valence-corrected chi connectivity index (χ3v) is 5.48. The largest absolute Gasteiger partial charge is 0.461 e. The van der Waals surface area contributed by atoms with Crippen molar-refractivity contribution < 1.29 is 9.53 Å². The Kier molecular flexibility index (Phi) is 4.26. The lowest BCUT2D eigenvalue weighted by Crippen LogP contribution is -2.45. The molecule has 1 saturated carbocycles. The van der Waals surface area contributed by atoms with Crippen molar-refractivity contribution in [2.24, 2.45) is 11.8 Å². The van der Waals surface area contributed by atoms with Crippen molar-refractivity contribution in [3.05, 3.63) is 35.9 Å². The van der Waals surface area contributed by atoms with Crippen LogP contribution >= 0.6 is 0 Å². The van der Waals surface area contributed by atoms with Gasteiger partial charge < -0.3 is 9.64 Å². The summed E-state index contributed by atoms with van der Waals surface area (Å²) < 4.78 is 6.01. The van der Waals surface area contributed by atoms with Gasteiger partial charge in [-0.05, 0) is 44.7 Å². The van der Waals surface area contributed by atoms with Crippen LogP contribution in [0.3, 0.4) is 0 Å². The van der Waals surface area contributed by atoms with Crippen LogP contribution in [0.25, 0.3) is 0 Å². The van der Waals surface area contributed by atoms with E-state index in [2.05, 4.69) is 37.9 Å². The molecule has 3 heteroatoms. The Hall–Kier alpha value is -1.35. The molecule has 3 rings (SSSR count). The predicted molar refractivity (Wildman–Crippen MR) is 87.7 cm³/mol. The highest BCUT2D eigenvalue weighted by Gasteiger charge is 2.50. The molecule has 1 aliphatic carbocycles. The molecule has 120 valence electrons. The summed E-state index contributed by atoms with van der Waals surface area (Å²) >= 11 is 0. The molecule has 3 unspecified atom stereocenters. The minimum Gasteiger partial charge on any atom is -0.461 e. The van der Waals surface area contributed by atoms with E-state index in [1.165, 1.54) is 0 Å². The van der Waals surface area contributed by atoms with Gasteiger partial charge in [-0.15, -0.1) is 0 Å². The van der Waals surface area contributed by atoms with Gasteiger partial charge in [0.1, 0.15) is 6.10 Å². The quantitative estimate of drug-likeness (QED) is 0.800. The first-order valence-electron chi connectivity index (χ1n) is 8.47. The maximum Gasteiger partial charge on any atom is 0.316 e. The van der Waals surface area contributed by atoms with Crippen molar-refractivity contribution >= 4 is 5.97 Å². The van der Waals surface area contributed by atoms with Gasteiger partial charge in [0.05, 0.1) is 5.41 Å². The minimum atomic E-state index is -0.482. The summed E-state index contributed by atoms with van der Waals surface area (Å²) in [6.45, 7) is 6.27. The van der Waals surface area contributed by atoms with Crippen LogP contribution in [-0.2, 0) is 14.9 Å². The maximum absolute atomic E-state index is 13.0. The van der Waals surface area contributed by atoms with E-state index >= 15 is 0 Å². The molecular weight excluding hydrogens is 274 g/mol. The molecular formula is C19H27NO2. The monoisotopic (exact) mass is 301 g/mol. The van der Waals surface area contributed by atoms with Crippen LogP contribution < -0.4 is 0 Å². The molecule has 0 bridgehead atoms. The summed E-state index contributed by atoms with van der Waals surface area (Å²) in [6, 6.07) is 10.2. The van der Waals surface area contributed by atoms with Crippen LogP contribution in [-0.4, -0.2) is 37.1 Å². The minimum absolute atomic E-state index is 0.0254. The van der Waals surface area contributed by atoms with Crippen molar-refractivity contribution in [3.8, 4) is 0 Å². The second-order valence-corrected chi connectivity index (χ2v) is 7.31. The first-order valence-corrected chi connectivity index (χ1v) is 8.47. The average Bonchev–Trinajstić information content (AvgIpc) is 3.35. The third-order valence-electron chi connectivity index (χ3n) is 5.48. The highest BCUT2D eigenvalue weighted by molar-refractivity contribution is 5.84. The number of nitrogens with zero attached hydrogens (tertiary/aromatic N) is 1. The Bertz CT molecular complexity index is 525. The van der Waals surface area contributed by atoms with Crippen LogP contribution in [0.15, 0.2) is 30.3 Å². The Balaban J connectivity index is 1.76. The number of esters is 1. The third kappa shape index (κ3) is 2.91. The number of likely N-dealkylation sites (tertiary alicyclic amines) is 1. The second kappa shape index (κ2) is 6.04. The zero-order chi connectivity index (χ0) is 15.7. The first-order chi connectivity index (χ1) is 10.5. The summed E-state index contributed by atoms with van der Waals surface area (Å²) in [4.78, 5) is 15.3. The van der Waals surface area contributed by atoms with Crippen LogP contribution in [0.1, 0.15) is 38.7 Å². The normalized spacial score (nSPS) is 28.9. The first kappa shape index (κ1) is 15.5. The molecule has 0 N–H and O–H groups in total. The fourth-order valence-electron chi connectivity index (χ4n) is 3.73. The van der Waals surface area contributed by atoms with E-state index in [4.69, 9.17) is 4.74 Å². The van der Waals surface area contributed by atoms with Gasteiger partial charge in [-0.1, -0.05) is 37.3 Å². The zero-order valence-corrected chi connectivity index (χ0v) is 13.9. The number of carbonyl (C=O) groups excluding carboxylic acids is 1. The van der Waals surface area contributed by atoms with Gasteiger partial charge in [0.25, 0.3) is 0 Å². The number of benzene rings is 1. The molecule has 2 fully saturated rings. The molecule has 3 atom stereocenters. The van der Waals surface area contributed by atoms with Crippen LogP contribution in [0, 0.1) is 11.8 Å². The Morgan fingerprint density at radius 3 is 2.50 bits per heavy atom. The number of rotatable bonds is 4. The number of carbonyl (C=O) groups is 1. The summed E-state index contributed by atoms with van der Waals surface area (Å²) in [5.74, 6) is 0.813. The second-order valence-electron chi connectivity index (χ2n) is 7.31. The standard InChI is InChI=1S/C19H27NO2/c1-14-13-20(3)12-11-17(14)22-18(21)19(2,16-9-10-16)15-7-5-4-6-8-15/h4-8,14,16-17H,9-13H2,1-3H3. The smallest absolute Gasteiger partial charge is 0.316 e. The highest BCUT2D eigenvalue weighted by atomic mass is 16.5. The van der Waals surface area contributed by atoms with E-state index in [0.29, 0.717) is 11.8 Å². The average molecular weight is 301 g/mol. The molecule has 0 radical (unpaired) electrons. The predicted octanol–water partition coefficient (Wildman–Crippen LogP) is 3.24. The van der Waals surface area contributed by atoms with Crippen molar-refractivity contribution in [2.75, 3.05) is 20.1 Å². The van der Waals surface area contributed by atoms with Gasteiger partial charge in [-0.3, -0.25) is 4.79 Å². The van der Waals surface area contributed by atoms with Gasteiger partial charge >= 0.3 is 5.97 Å². The molecule has 0 spiro atoms. The van der Waals surface area contributed by atoms with Gasteiger partial charge in [0.2, 0.25) is 0 Å². The molecule has 22 heavy (non-hydrogen) atoms. The molecule has 0 amide bonds. The zero-order valence-electron chi connectivity index (χ0n) is 13.9. The fourth-order valence-corrected chi connectivity index (χ4v) is 3.73. The Morgan fingerprint density at radius 1 is 1.23 bits per heavy atom. The number of hydrogen-bond donors (Lipinski definition) is 0. The van der Waals surface area contributed by atoms with Crippen LogP contribution in [0.2, 0.25) is 0 Å². The molecule has 1 saturated heterocycles. The molecule has 1 aromatic rings. The number of piperidine rings is 1. The van der Waals surface area contributed by atoms with E-state index in [1.54, 1.807) is 0 Å². The highest BCUT2D eigenvalue weighted by Crippen LogP contribution is 2.48. The van der Waals surface area contributed by atoms with Gasteiger partial charge in [0, 0.05) is 19.0 Å². The molecule has 2 aliphatic rings. The van der Waals surface area contributed by atoms with Gasteiger partial charge in [0.15, 0.2) is 0 Å². The van der Waals surface area contributed by atoms with Crippen molar-refractivity contribution in [1.29, 1.82) is 0 Å². The van der Waals surface area contributed by atoms with E-state index in [0.717, 1.165) is 37.9 Å². The number of hydrogen-bond acceptors (Lipinski definition) is 3. The van der Waals surface area contributed by atoms with Crippen molar-refractivity contribution in [3.63, 3.8) is 0 Å². The summed E-state index contributed by atoms with van der Waals surface area (Å²) in [6.07, 6.45) is 3.26. The summed E-state index contributed by atoms with van der Waals surface area (Å²) in [7, 11) is 2.13. The molecule has 1 aliphatic heterocycles. The van der Waals surface area contributed by atoms with Crippen molar-refractivity contribution in [2.45, 2.75) is 44.6 Å². The van der Waals surface area contributed by atoms with E-state index in [1.807, 2.05) is 18.2 Å². The van der Waals surface area contributed by atoms with E-state index in [9.17, 15) is 4.79 Å².